The third kappa shape index (κ3) is 37.6. The van der Waals surface area contributed by atoms with E-state index in [1.54, 1.807) is 0 Å². The molecule has 0 radical (unpaired) electrons. The van der Waals surface area contributed by atoms with Crippen molar-refractivity contribution in [2.24, 2.45) is 5.41 Å². The molecule has 0 unspecified atom stereocenters. The smallest absolute Gasteiger partial charge is 0.344 e. The molecule has 0 heterocycles. The molecule has 0 rings (SSSR count). The van der Waals surface area contributed by atoms with E-state index < -0.39 is 7.82 Å². The molecule has 0 saturated carbocycles. The van der Waals surface area contributed by atoms with E-state index in [1.165, 1.54) is 218 Å². The Morgan fingerprint density at radius 3 is 0.759 bits per heavy atom. The summed E-state index contributed by atoms with van der Waals surface area (Å²) in [4.78, 5) is 0. The molecule has 0 fully saturated rings. The van der Waals surface area contributed by atoms with Gasteiger partial charge >= 0.3 is 7.82 Å². The topological polar surface area (TPSA) is 79.8 Å². The molecule has 0 aliphatic carbocycles. The Kier molecular flexibility index (Phi) is 46.0. The van der Waals surface area contributed by atoms with Gasteiger partial charge in [0.05, 0.1) is 19.8 Å². The summed E-state index contributed by atoms with van der Waals surface area (Å²) in [5.74, 6) is 0. The van der Waals surface area contributed by atoms with Crippen LogP contribution in [0.5, 0.6) is 0 Å². The largest absolute Gasteiger partial charge is 0.474 e. The number of phosphoric acid groups is 1. The van der Waals surface area contributed by atoms with Crippen molar-refractivity contribution in [3.63, 3.8) is 0 Å². The highest BCUT2D eigenvalue weighted by molar-refractivity contribution is 7.48. The highest BCUT2D eigenvalue weighted by atomic mass is 31.2. The predicted molar refractivity (Wildman–Crippen MR) is 241 cm³/mol. The predicted octanol–water partition coefficient (Wildman–Crippen LogP) is 18.6. The first kappa shape index (κ1) is 56.2. The van der Waals surface area contributed by atoms with Gasteiger partial charge in [-0.2, -0.15) is 0 Å². The lowest BCUT2D eigenvalue weighted by atomic mass is 9.71. The van der Waals surface area contributed by atoms with Crippen LogP contribution in [-0.4, -0.2) is 19.8 Å². The Labute approximate surface area is 341 Å². The zero-order valence-electron chi connectivity index (χ0n) is 38.0. The van der Waals surface area contributed by atoms with Gasteiger partial charge in [0.15, 0.2) is 0 Å². The van der Waals surface area contributed by atoms with Crippen LogP contribution in [0.3, 0.4) is 0 Å². The fourth-order valence-electron chi connectivity index (χ4n) is 8.09. The monoisotopic (exact) mass is 788 g/mol. The van der Waals surface area contributed by atoms with Crippen LogP contribution in [-0.2, 0) is 18.1 Å². The van der Waals surface area contributed by atoms with E-state index in [1.807, 2.05) is 0 Å². The molecule has 0 saturated heterocycles. The number of hydrogen-bond acceptors (Lipinski definition) is 5. The van der Waals surface area contributed by atoms with Crippen LogP contribution in [0.1, 0.15) is 285 Å². The molecule has 0 aromatic rings. The maximum absolute atomic E-state index is 13.5. The molecule has 3 N–H and O–H groups in total. The van der Waals surface area contributed by atoms with Crippen LogP contribution < -0.4 is 6.15 Å². The van der Waals surface area contributed by atoms with Crippen molar-refractivity contribution in [2.45, 2.75) is 285 Å². The SMILES string of the molecule is CCCCCCCCCCCCC(CCCCCCCCCCCC)(CCCCCCCCCCCC)CCCOP(=O)(OCCCC)OCCCC.N. The summed E-state index contributed by atoms with van der Waals surface area (Å²) in [5, 5.41) is 0. The molecule has 0 atom stereocenters. The van der Waals surface area contributed by atoms with E-state index >= 15 is 0 Å². The van der Waals surface area contributed by atoms with Crippen molar-refractivity contribution in [2.75, 3.05) is 19.8 Å². The van der Waals surface area contributed by atoms with Crippen molar-refractivity contribution in [3.05, 3.63) is 0 Å². The van der Waals surface area contributed by atoms with Gasteiger partial charge in [-0.15, -0.1) is 0 Å². The maximum atomic E-state index is 13.5. The van der Waals surface area contributed by atoms with Gasteiger partial charge < -0.3 is 6.15 Å². The number of rotatable bonds is 46. The fraction of sp³-hybridized carbons (Fsp3) is 1.00. The van der Waals surface area contributed by atoms with Gasteiger partial charge in [0.1, 0.15) is 0 Å². The molecule has 0 aromatic carbocycles. The lowest BCUT2D eigenvalue weighted by Crippen LogP contribution is -2.22. The Bertz CT molecular complexity index is 676. The second-order valence-corrected chi connectivity index (χ2v) is 18.7. The van der Waals surface area contributed by atoms with Crippen LogP contribution in [0.2, 0.25) is 0 Å². The standard InChI is InChI=1S/C48H99O4P.H3N/c1-6-11-16-19-22-25-28-31-34-37-41-48(42-38-35-32-29-26-23-20-17-12-7-2,43-39-36-33-30-27-24-21-18-13-8-3)44-40-47-52-53(49,50-45-14-9-4)51-46-15-10-5;/h6-47H2,1-5H3;1H3. The van der Waals surface area contributed by atoms with E-state index in [4.69, 9.17) is 13.6 Å². The van der Waals surface area contributed by atoms with Crippen molar-refractivity contribution in [3.8, 4) is 0 Å². The van der Waals surface area contributed by atoms with Gasteiger partial charge in [0.25, 0.3) is 0 Å². The van der Waals surface area contributed by atoms with E-state index in [0.717, 1.165) is 32.1 Å². The molecular weight excluding hydrogens is 686 g/mol. The first-order valence-corrected chi connectivity index (χ1v) is 26.0. The van der Waals surface area contributed by atoms with E-state index in [2.05, 4.69) is 34.6 Å². The summed E-state index contributed by atoms with van der Waals surface area (Å²) in [6.45, 7) is 12.6. The Morgan fingerprint density at radius 2 is 0.500 bits per heavy atom. The van der Waals surface area contributed by atoms with Crippen molar-refractivity contribution in [1.29, 1.82) is 0 Å². The minimum absolute atomic E-state index is 0. The van der Waals surface area contributed by atoms with Crippen LogP contribution >= 0.6 is 7.82 Å². The van der Waals surface area contributed by atoms with Crippen molar-refractivity contribution in [1.82, 2.24) is 6.15 Å². The minimum Gasteiger partial charge on any atom is -0.344 e. The van der Waals surface area contributed by atoms with Gasteiger partial charge in [0.2, 0.25) is 0 Å². The van der Waals surface area contributed by atoms with Gasteiger partial charge in [-0.05, 0) is 50.4 Å². The van der Waals surface area contributed by atoms with Crippen LogP contribution in [0.15, 0.2) is 0 Å². The third-order valence-electron chi connectivity index (χ3n) is 11.8. The normalized spacial score (nSPS) is 12.1. The number of phosphoric ester groups is 1. The van der Waals surface area contributed by atoms with E-state index in [9.17, 15) is 4.57 Å². The molecule has 0 spiro atoms. The molecule has 0 amide bonds. The van der Waals surface area contributed by atoms with Crippen LogP contribution in [0.4, 0.5) is 0 Å². The van der Waals surface area contributed by atoms with Gasteiger partial charge in [-0.25, -0.2) is 4.57 Å². The summed E-state index contributed by atoms with van der Waals surface area (Å²) in [6, 6.07) is 0. The second kappa shape index (κ2) is 44.2. The van der Waals surface area contributed by atoms with E-state index in [0.29, 0.717) is 25.2 Å². The quantitative estimate of drug-likeness (QED) is 0.0491. The highest BCUT2D eigenvalue weighted by Crippen LogP contribution is 2.50. The Balaban J connectivity index is 0. The molecular formula is C48H102NO4P. The fourth-order valence-corrected chi connectivity index (χ4v) is 9.37. The molecule has 6 heteroatoms. The molecule has 54 heavy (non-hydrogen) atoms. The molecule has 0 aliphatic heterocycles. The molecule has 0 aliphatic rings. The van der Waals surface area contributed by atoms with Crippen molar-refractivity contribution >= 4 is 7.82 Å². The summed E-state index contributed by atoms with van der Waals surface area (Å²) < 4.78 is 31.1. The minimum atomic E-state index is -3.50. The Hall–Kier alpha value is 0.0700. The maximum Gasteiger partial charge on any atom is 0.474 e. The summed E-state index contributed by atoms with van der Waals surface area (Å²) in [5.41, 5.74) is 0.389. The third-order valence-corrected chi connectivity index (χ3v) is 13.3. The molecule has 0 bridgehead atoms. The van der Waals surface area contributed by atoms with Gasteiger partial charge in [0, 0.05) is 0 Å². The van der Waals surface area contributed by atoms with Crippen LogP contribution in [0.25, 0.3) is 0 Å². The highest BCUT2D eigenvalue weighted by Gasteiger charge is 2.30. The average Bonchev–Trinajstić information content (AvgIpc) is 3.16. The second-order valence-electron chi connectivity index (χ2n) is 17.1. The van der Waals surface area contributed by atoms with E-state index in [-0.39, 0.29) is 6.15 Å². The van der Waals surface area contributed by atoms with Gasteiger partial charge in [-0.3, -0.25) is 13.6 Å². The summed E-state index contributed by atoms with van der Waals surface area (Å²) in [7, 11) is -3.50. The molecule has 5 nitrogen and oxygen atoms in total. The molecule has 328 valence electrons. The molecule has 0 aromatic heterocycles. The number of hydrogen-bond donors (Lipinski definition) is 1. The van der Waals surface area contributed by atoms with Crippen LogP contribution in [0, 0.1) is 5.41 Å². The first-order chi connectivity index (χ1) is 26.0. The first-order valence-electron chi connectivity index (χ1n) is 24.5. The average molecular weight is 788 g/mol. The summed E-state index contributed by atoms with van der Waals surface area (Å²) >= 11 is 0. The van der Waals surface area contributed by atoms with Gasteiger partial charge in [-0.1, -0.05) is 240 Å². The van der Waals surface area contributed by atoms with Crippen molar-refractivity contribution < 1.29 is 18.1 Å². The Morgan fingerprint density at radius 1 is 0.296 bits per heavy atom. The lowest BCUT2D eigenvalue weighted by Gasteiger charge is -2.35. The zero-order valence-corrected chi connectivity index (χ0v) is 38.9. The lowest BCUT2D eigenvalue weighted by molar-refractivity contribution is 0.1000. The number of unbranched alkanes of at least 4 members (excludes halogenated alkanes) is 29. The zero-order chi connectivity index (χ0) is 38.8. The summed E-state index contributed by atoms with van der Waals surface area (Å²) in [6.07, 6.45) is 52.0.